The lowest BCUT2D eigenvalue weighted by Gasteiger charge is -2.09. The molecule has 0 radical (unpaired) electrons. The second-order valence-corrected chi connectivity index (χ2v) is 7.44. The number of hydrogen-bond acceptors (Lipinski definition) is 5. The van der Waals surface area contributed by atoms with E-state index in [4.69, 9.17) is 4.74 Å². The normalized spacial score (nSPS) is 10.6. The van der Waals surface area contributed by atoms with Crippen LogP contribution in [0.25, 0.3) is 11.1 Å². The first-order valence-corrected chi connectivity index (χ1v) is 9.89. The zero-order valence-corrected chi connectivity index (χ0v) is 17.1. The van der Waals surface area contributed by atoms with Gasteiger partial charge in [0.2, 0.25) is 0 Å². The lowest BCUT2D eigenvalue weighted by atomic mass is 10.0. The highest BCUT2D eigenvalue weighted by molar-refractivity contribution is 7.15. The molecule has 0 bridgehead atoms. The van der Waals surface area contributed by atoms with Crippen molar-refractivity contribution in [2.75, 3.05) is 11.9 Å². The summed E-state index contributed by atoms with van der Waals surface area (Å²) in [5.74, 6) is -0.808. The summed E-state index contributed by atoms with van der Waals surface area (Å²) in [6.45, 7) is 7.78. The highest BCUT2D eigenvalue weighted by Gasteiger charge is 2.23. The van der Waals surface area contributed by atoms with E-state index >= 15 is 0 Å². The van der Waals surface area contributed by atoms with Gasteiger partial charge in [0.15, 0.2) is 0 Å². The van der Waals surface area contributed by atoms with Crippen molar-refractivity contribution in [3.8, 4) is 11.1 Å². The number of aromatic nitrogens is 1. The highest BCUT2D eigenvalue weighted by atomic mass is 32.1. The number of nitrogens with one attached hydrogen (secondary N) is 1. The van der Waals surface area contributed by atoms with Crippen LogP contribution in [0.4, 0.5) is 5.00 Å². The summed E-state index contributed by atoms with van der Waals surface area (Å²) in [6.07, 6.45) is 0. The number of hydrogen-bond donors (Lipinski definition) is 1. The number of nitrogens with zero attached hydrogens (tertiary/aromatic N) is 1. The van der Waals surface area contributed by atoms with Gasteiger partial charge < -0.3 is 10.1 Å². The average Bonchev–Trinajstić information content (AvgIpc) is 3.05. The Morgan fingerprint density at radius 2 is 1.79 bits per heavy atom. The molecule has 0 saturated carbocycles. The molecule has 0 saturated heterocycles. The van der Waals surface area contributed by atoms with Crippen molar-refractivity contribution in [3.05, 3.63) is 69.9 Å². The fourth-order valence-corrected chi connectivity index (χ4v) is 3.88. The minimum atomic E-state index is -0.456. The number of amides is 1. The van der Waals surface area contributed by atoms with E-state index in [2.05, 4.69) is 10.3 Å². The number of aryl methyl sites for hydroxylation is 3. The highest BCUT2D eigenvalue weighted by Crippen LogP contribution is 2.36. The summed E-state index contributed by atoms with van der Waals surface area (Å²) in [6, 6.07) is 11.5. The maximum Gasteiger partial charge on any atom is 0.341 e. The summed E-state index contributed by atoms with van der Waals surface area (Å²) in [5.41, 5.74) is 5.18. The fourth-order valence-electron chi connectivity index (χ4n) is 2.93. The standard InChI is InChI=1S/C22H22N2O3S/c1-5-27-22(26)19-17(16-8-6-13(2)7-9-16)12-28-21(19)24-20(25)18-11-14(3)10-15(4)23-18/h6-12H,5H2,1-4H3,(H,24,25). The van der Waals surface area contributed by atoms with Gasteiger partial charge in [-0.25, -0.2) is 9.78 Å². The van der Waals surface area contributed by atoms with Gasteiger partial charge in [0.05, 0.1) is 6.61 Å². The molecule has 6 heteroatoms. The number of carbonyl (C=O) groups is 2. The van der Waals surface area contributed by atoms with E-state index in [1.165, 1.54) is 11.3 Å². The summed E-state index contributed by atoms with van der Waals surface area (Å²) in [7, 11) is 0. The monoisotopic (exact) mass is 394 g/mol. The van der Waals surface area contributed by atoms with Crippen LogP contribution in [0, 0.1) is 20.8 Å². The number of esters is 1. The Balaban J connectivity index is 1.99. The second kappa shape index (κ2) is 8.35. The molecule has 0 aliphatic heterocycles. The van der Waals surface area contributed by atoms with Gasteiger partial charge >= 0.3 is 5.97 Å². The first kappa shape index (κ1) is 19.8. The molecule has 2 aromatic heterocycles. The molecule has 1 amide bonds. The Bertz CT molecular complexity index is 1000. The quantitative estimate of drug-likeness (QED) is 0.607. The Labute approximate surface area is 168 Å². The van der Waals surface area contributed by atoms with Crippen molar-refractivity contribution < 1.29 is 14.3 Å². The van der Waals surface area contributed by atoms with Crippen molar-refractivity contribution in [2.45, 2.75) is 27.7 Å². The van der Waals surface area contributed by atoms with E-state index in [0.29, 0.717) is 16.3 Å². The molecule has 2 heterocycles. The van der Waals surface area contributed by atoms with Gasteiger partial charge in [-0.1, -0.05) is 29.8 Å². The number of ether oxygens (including phenoxy) is 1. The third-order valence-electron chi connectivity index (χ3n) is 4.19. The molecule has 28 heavy (non-hydrogen) atoms. The van der Waals surface area contributed by atoms with Gasteiger partial charge in [-0.3, -0.25) is 4.79 Å². The third kappa shape index (κ3) is 4.28. The molecule has 0 atom stereocenters. The minimum Gasteiger partial charge on any atom is -0.462 e. The van der Waals surface area contributed by atoms with Crippen LogP contribution < -0.4 is 5.32 Å². The Morgan fingerprint density at radius 1 is 1.07 bits per heavy atom. The van der Waals surface area contributed by atoms with Crippen LogP contribution in [0.1, 0.15) is 44.6 Å². The van der Waals surface area contributed by atoms with E-state index in [-0.39, 0.29) is 12.5 Å². The van der Waals surface area contributed by atoms with Crippen LogP contribution in [0.3, 0.4) is 0 Å². The Morgan fingerprint density at radius 3 is 2.43 bits per heavy atom. The molecule has 0 fully saturated rings. The Kier molecular flexibility index (Phi) is 5.90. The third-order valence-corrected chi connectivity index (χ3v) is 5.09. The van der Waals surface area contributed by atoms with Crippen LogP contribution >= 0.6 is 11.3 Å². The van der Waals surface area contributed by atoms with Crippen LogP contribution in [0.15, 0.2) is 41.8 Å². The molecule has 1 N–H and O–H groups in total. The Hall–Kier alpha value is -2.99. The lowest BCUT2D eigenvalue weighted by Crippen LogP contribution is -2.16. The average molecular weight is 394 g/mol. The predicted molar refractivity (Wildman–Crippen MR) is 112 cm³/mol. The number of anilines is 1. The maximum atomic E-state index is 12.7. The first-order valence-electron chi connectivity index (χ1n) is 9.01. The van der Waals surface area contributed by atoms with Gasteiger partial charge in [-0.15, -0.1) is 11.3 Å². The fraction of sp³-hybridized carbons (Fsp3) is 0.227. The first-order chi connectivity index (χ1) is 13.4. The molecule has 3 aromatic rings. The molecule has 144 valence electrons. The minimum absolute atomic E-state index is 0.258. The van der Waals surface area contributed by atoms with E-state index in [9.17, 15) is 9.59 Å². The molecular formula is C22H22N2O3S. The van der Waals surface area contributed by atoms with Gasteiger partial charge in [0.25, 0.3) is 5.91 Å². The topological polar surface area (TPSA) is 68.3 Å². The van der Waals surface area contributed by atoms with Crippen LogP contribution in [-0.4, -0.2) is 23.5 Å². The number of carbonyl (C=O) groups excluding carboxylic acids is 2. The molecule has 0 aliphatic rings. The summed E-state index contributed by atoms with van der Waals surface area (Å²) >= 11 is 1.30. The molecule has 5 nitrogen and oxygen atoms in total. The second-order valence-electron chi connectivity index (χ2n) is 6.57. The van der Waals surface area contributed by atoms with Gasteiger partial charge in [0.1, 0.15) is 16.3 Å². The van der Waals surface area contributed by atoms with E-state index in [1.807, 2.05) is 56.5 Å². The molecule has 3 rings (SSSR count). The lowest BCUT2D eigenvalue weighted by molar-refractivity contribution is 0.0529. The van der Waals surface area contributed by atoms with Crippen molar-refractivity contribution in [1.82, 2.24) is 4.98 Å². The van der Waals surface area contributed by atoms with E-state index in [1.54, 1.807) is 13.0 Å². The smallest absolute Gasteiger partial charge is 0.341 e. The summed E-state index contributed by atoms with van der Waals surface area (Å²) in [4.78, 5) is 29.6. The SMILES string of the molecule is CCOC(=O)c1c(-c2ccc(C)cc2)csc1NC(=O)c1cc(C)cc(C)n1. The van der Waals surface area contributed by atoms with Crippen molar-refractivity contribution in [1.29, 1.82) is 0 Å². The molecular weight excluding hydrogens is 372 g/mol. The predicted octanol–water partition coefficient (Wildman–Crippen LogP) is 5.16. The van der Waals surface area contributed by atoms with E-state index < -0.39 is 5.97 Å². The molecule has 1 aromatic carbocycles. The molecule has 0 aliphatic carbocycles. The van der Waals surface area contributed by atoms with Crippen molar-refractivity contribution >= 4 is 28.2 Å². The summed E-state index contributed by atoms with van der Waals surface area (Å²) < 4.78 is 5.24. The number of pyridine rings is 1. The largest absolute Gasteiger partial charge is 0.462 e. The van der Waals surface area contributed by atoms with Crippen LogP contribution in [0.5, 0.6) is 0 Å². The van der Waals surface area contributed by atoms with Crippen LogP contribution in [-0.2, 0) is 4.74 Å². The number of thiophene rings is 1. The van der Waals surface area contributed by atoms with Crippen molar-refractivity contribution in [3.63, 3.8) is 0 Å². The van der Waals surface area contributed by atoms with Gasteiger partial charge in [-0.2, -0.15) is 0 Å². The maximum absolute atomic E-state index is 12.7. The summed E-state index contributed by atoms with van der Waals surface area (Å²) in [5, 5.41) is 5.16. The van der Waals surface area contributed by atoms with Crippen molar-refractivity contribution in [2.24, 2.45) is 0 Å². The van der Waals surface area contributed by atoms with E-state index in [0.717, 1.165) is 27.9 Å². The zero-order chi connectivity index (χ0) is 20.3. The van der Waals surface area contributed by atoms with Crippen LogP contribution in [0.2, 0.25) is 0 Å². The molecule has 0 unspecified atom stereocenters. The van der Waals surface area contributed by atoms with Gasteiger partial charge in [0, 0.05) is 16.6 Å². The zero-order valence-electron chi connectivity index (χ0n) is 16.3. The molecule has 0 spiro atoms. The van der Waals surface area contributed by atoms with Gasteiger partial charge in [-0.05, 0) is 51.0 Å². The number of rotatable bonds is 5. The number of benzene rings is 1.